The summed E-state index contributed by atoms with van der Waals surface area (Å²) in [7, 11) is 0.919. The van der Waals surface area contributed by atoms with Crippen LogP contribution in [0.3, 0.4) is 0 Å². The molecule has 0 aliphatic carbocycles. The summed E-state index contributed by atoms with van der Waals surface area (Å²) in [5.41, 5.74) is 10.4. The van der Waals surface area contributed by atoms with E-state index >= 15 is 0 Å². The van der Waals surface area contributed by atoms with Crippen molar-refractivity contribution in [3.8, 4) is 22.8 Å². The van der Waals surface area contributed by atoms with Crippen molar-refractivity contribution >= 4 is 84.0 Å². The van der Waals surface area contributed by atoms with Crippen molar-refractivity contribution in [1.82, 2.24) is 63.7 Å². The molecular weight excluding hydrogens is 1140 g/mol. The maximum absolute atomic E-state index is 13.9. The van der Waals surface area contributed by atoms with Gasteiger partial charge in [0.1, 0.15) is 82.9 Å². The predicted octanol–water partition coefficient (Wildman–Crippen LogP) is 8.94. The Kier molecular flexibility index (Phi) is 20.1. The first-order chi connectivity index (χ1) is 40.2. The van der Waals surface area contributed by atoms with Gasteiger partial charge in [-0.05, 0) is 61.3 Å². The molecule has 0 saturated carbocycles. The van der Waals surface area contributed by atoms with Crippen LogP contribution < -0.4 is 11.1 Å². The maximum Gasteiger partial charge on any atom is 0.339 e. The molecule has 85 heavy (non-hydrogen) atoms. The Morgan fingerprint density at radius 3 is 1.54 bits per heavy atom. The molecule has 2 aromatic carbocycles. The molecule has 6 aromatic heterocycles. The van der Waals surface area contributed by atoms with E-state index in [4.69, 9.17) is 20.2 Å². The van der Waals surface area contributed by atoms with E-state index in [9.17, 15) is 41.8 Å². The molecule has 2 fully saturated rings. The van der Waals surface area contributed by atoms with Gasteiger partial charge in [0.25, 0.3) is 5.91 Å². The molecule has 8 heterocycles. The van der Waals surface area contributed by atoms with Crippen molar-refractivity contribution in [1.29, 1.82) is 0 Å². The van der Waals surface area contributed by atoms with Gasteiger partial charge in [0.15, 0.2) is 11.3 Å². The lowest BCUT2D eigenvalue weighted by atomic mass is 10.1. The SMILES string of the molecule is CCC[C@@H](N)C(=O)N1CC(F)C1.CCC[C@@H](NC(=O)c1cn(COCC[Si](C)(C)C)c2ncc(-c3nn(C)c4cc(F)ccc34)nc12)C(=O)N1CC(F)C1.Cn1nc(-c2cnc3c(n2)c(C(=O)O)cn3COCC[Si](C)(C)C)c2ccc(F)cc21. The molecule has 4 N–H and O–H groups in total. The van der Waals surface area contributed by atoms with Crippen LogP contribution in [0.4, 0.5) is 17.6 Å². The number of rotatable bonds is 21. The zero-order valence-electron chi connectivity index (χ0n) is 49.8. The van der Waals surface area contributed by atoms with Gasteiger partial charge < -0.3 is 44.6 Å². The summed E-state index contributed by atoms with van der Waals surface area (Å²) in [4.78, 5) is 71.2. The third-order valence-electron chi connectivity index (χ3n) is 14.6. The largest absolute Gasteiger partial charge is 0.478 e. The van der Waals surface area contributed by atoms with E-state index in [0.717, 1.165) is 18.5 Å². The van der Waals surface area contributed by atoms with E-state index in [0.29, 0.717) is 93.9 Å². The molecule has 3 amide bonds. The molecule has 2 atom stereocenters. The number of carbonyl (C=O) groups excluding carboxylic acids is 3. The Hall–Kier alpha value is -7.47. The number of aromatic carboxylic acids is 1. The zero-order chi connectivity index (χ0) is 61.7. The standard InChI is InChI=1S/C29H37F2N7O3Si.C21H24FN5O3Si.C8H15FN2O/c1-6-7-22(29(40)37-14-19(31)15-37)34-28(39)21-16-38(17-41-10-11-42(3,4)5)27-26(21)33-23(13-32-27)25-20-9-8-18(30)12-24(20)36(2)35-25;1-26-17-9-13(22)5-6-14(17)18(25-26)16-10-23-20-19(24-16)15(21(28)29)11-27(20)12-30-7-8-31(2,3)4;1-2-3-7(10)8(12)11-4-6(9)5-11/h8-9,12-13,16,19,22H,6-7,10-11,14-15,17H2,1-5H3,(H,34,39);5-6,9-11H,7-8,12H2,1-4H3,(H,28,29);6-7H,2-5,10H2,1H3/t22-;;7-/m1.1/s1. The summed E-state index contributed by atoms with van der Waals surface area (Å²) in [6.45, 7) is 19.6. The van der Waals surface area contributed by atoms with Crippen LogP contribution in [0, 0.1) is 11.6 Å². The number of benzene rings is 2. The number of carbonyl (C=O) groups is 4. The summed E-state index contributed by atoms with van der Waals surface area (Å²) in [5.74, 6) is -2.71. The van der Waals surface area contributed by atoms with Crippen molar-refractivity contribution in [3.63, 3.8) is 0 Å². The second-order valence-electron chi connectivity index (χ2n) is 24.0. The average molecular weight is 1210 g/mol. The second-order valence-corrected chi connectivity index (χ2v) is 35.3. The molecule has 10 rings (SSSR count). The lowest BCUT2D eigenvalue weighted by molar-refractivity contribution is -0.140. The van der Waals surface area contributed by atoms with E-state index in [2.05, 4.69) is 69.7 Å². The third-order valence-corrected chi connectivity index (χ3v) is 18.0. The Morgan fingerprint density at radius 2 is 1.12 bits per heavy atom. The number of carboxylic acid groups (broad SMARTS) is 1. The molecule has 456 valence electrons. The van der Waals surface area contributed by atoms with E-state index in [1.54, 1.807) is 63.3 Å². The van der Waals surface area contributed by atoms with Crippen molar-refractivity contribution in [2.45, 2.75) is 129 Å². The first-order valence-electron chi connectivity index (χ1n) is 28.5. The number of alkyl halides is 2. The summed E-state index contributed by atoms with van der Waals surface area (Å²) in [6.07, 6.45) is 7.06. The highest BCUT2D eigenvalue weighted by Crippen LogP contribution is 2.31. The second kappa shape index (κ2) is 26.8. The minimum absolute atomic E-state index is 0.0414. The minimum atomic E-state index is -1.30. The normalized spacial score (nSPS) is 14.7. The monoisotopic (exact) mass is 1210 g/mol. The average Bonchev–Trinajstić information content (AvgIpc) is 1.78. The summed E-state index contributed by atoms with van der Waals surface area (Å²) in [6, 6.07) is 9.58. The fraction of sp³-hybridized carbons (Fsp3) is 0.483. The first kappa shape index (κ1) is 63.6. The van der Waals surface area contributed by atoms with Gasteiger partial charge in [0.05, 0.1) is 61.2 Å². The van der Waals surface area contributed by atoms with Gasteiger partial charge in [-0.3, -0.25) is 23.7 Å². The zero-order valence-corrected chi connectivity index (χ0v) is 51.8. The van der Waals surface area contributed by atoms with Gasteiger partial charge in [-0.2, -0.15) is 10.2 Å². The van der Waals surface area contributed by atoms with Crippen molar-refractivity contribution in [2.75, 3.05) is 39.4 Å². The topological polar surface area (TPSA) is 249 Å². The van der Waals surface area contributed by atoms with Crippen molar-refractivity contribution < 1.29 is 51.3 Å². The van der Waals surface area contributed by atoms with Crippen molar-refractivity contribution in [3.05, 3.63) is 83.9 Å². The highest BCUT2D eigenvalue weighted by molar-refractivity contribution is 6.76. The van der Waals surface area contributed by atoms with E-state index in [-0.39, 0.29) is 79.7 Å². The summed E-state index contributed by atoms with van der Waals surface area (Å²) in [5, 5.41) is 22.9. The van der Waals surface area contributed by atoms with Crippen LogP contribution >= 0.6 is 0 Å². The quantitative estimate of drug-likeness (QED) is 0.0345. The lowest BCUT2D eigenvalue weighted by Crippen LogP contribution is -2.58. The fourth-order valence-electron chi connectivity index (χ4n) is 9.65. The molecule has 2 saturated heterocycles. The molecule has 8 aromatic rings. The van der Waals surface area contributed by atoms with Crippen molar-refractivity contribution in [2.24, 2.45) is 19.8 Å². The maximum atomic E-state index is 13.9. The van der Waals surface area contributed by atoms with E-state index < -0.39 is 52.5 Å². The number of ether oxygens (including phenoxy) is 2. The number of nitrogens with zero attached hydrogens (tertiary/aromatic N) is 12. The van der Waals surface area contributed by atoms with Crippen LogP contribution in [0.1, 0.15) is 60.2 Å². The minimum Gasteiger partial charge on any atom is -0.478 e. The Bertz CT molecular complexity index is 3710. The molecule has 0 unspecified atom stereocenters. The smallest absolute Gasteiger partial charge is 0.339 e. The van der Waals surface area contributed by atoms with Crippen LogP contribution in [0.2, 0.25) is 51.4 Å². The predicted molar refractivity (Wildman–Crippen MR) is 322 cm³/mol. The number of amides is 3. The van der Waals surface area contributed by atoms with Crippen LogP contribution in [0.5, 0.6) is 0 Å². The highest BCUT2D eigenvalue weighted by atomic mass is 28.3. The van der Waals surface area contributed by atoms with Gasteiger partial charge in [-0.15, -0.1) is 0 Å². The third kappa shape index (κ3) is 15.3. The Balaban J connectivity index is 0.000000191. The van der Waals surface area contributed by atoms with Gasteiger partial charge >= 0.3 is 5.97 Å². The molecule has 0 spiro atoms. The number of nitrogens with two attached hydrogens (primary N) is 1. The molecule has 0 bridgehead atoms. The fourth-order valence-corrected chi connectivity index (χ4v) is 11.2. The molecular formula is C58H76F4N14O7Si2. The van der Waals surface area contributed by atoms with Gasteiger partial charge in [0, 0.05) is 66.6 Å². The number of hydrogen-bond acceptors (Lipinski definition) is 13. The van der Waals surface area contributed by atoms with Crippen LogP contribution in [-0.2, 0) is 46.6 Å². The molecule has 2 aliphatic heterocycles. The highest BCUT2D eigenvalue weighted by Gasteiger charge is 2.36. The number of carboxylic acids is 1. The van der Waals surface area contributed by atoms with Gasteiger partial charge in [0.2, 0.25) is 11.8 Å². The number of nitrogens with one attached hydrogen (secondary N) is 1. The number of halogens is 4. The number of fused-ring (bicyclic) bond motifs is 4. The molecule has 0 radical (unpaired) electrons. The van der Waals surface area contributed by atoms with E-state index in [1.165, 1.54) is 40.3 Å². The number of aromatic nitrogens is 10. The Labute approximate surface area is 491 Å². The molecule has 2 aliphatic rings. The van der Waals surface area contributed by atoms with Gasteiger partial charge in [-0.25, -0.2) is 42.3 Å². The van der Waals surface area contributed by atoms with E-state index in [1.807, 2.05) is 13.8 Å². The lowest BCUT2D eigenvalue weighted by Gasteiger charge is -2.36. The number of hydrogen-bond donors (Lipinski definition) is 3. The van der Waals surface area contributed by atoms with Crippen LogP contribution in [0.25, 0.3) is 66.9 Å². The molecule has 21 nitrogen and oxygen atoms in total. The Morgan fingerprint density at radius 1 is 0.682 bits per heavy atom. The van der Waals surface area contributed by atoms with Crippen LogP contribution in [-0.4, -0.2) is 167 Å². The first-order valence-corrected chi connectivity index (χ1v) is 35.9. The summed E-state index contributed by atoms with van der Waals surface area (Å²) < 4.78 is 71.6. The van der Waals surface area contributed by atoms with Crippen LogP contribution in [0.15, 0.2) is 61.2 Å². The molecule has 27 heteroatoms. The number of likely N-dealkylation sites (tertiary alicyclic amines) is 2. The van der Waals surface area contributed by atoms with Gasteiger partial charge in [-0.1, -0.05) is 66.0 Å². The summed E-state index contributed by atoms with van der Waals surface area (Å²) >= 11 is 0. The number of aryl methyl sites for hydroxylation is 2.